The Morgan fingerprint density at radius 2 is 1.74 bits per heavy atom. The van der Waals surface area contributed by atoms with E-state index in [0.29, 0.717) is 65.6 Å². The zero-order valence-corrected chi connectivity index (χ0v) is 27.7. The molecule has 3 heterocycles. The highest BCUT2D eigenvalue weighted by Crippen LogP contribution is 2.38. The Labute approximate surface area is 268 Å². The Morgan fingerprint density at radius 1 is 1.00 bits per heavy atom. The first-order valence-corrected chi connectivity index (χ1v) is 17.3. The van der Waals surface area contributed by atoms with Crippen LogP contribution in [0.3, 0.4) is 0 Å². The number of nitrogens with one attached hydrogen (secondary N) is 1. The minimum absolute atomic E-state index is 0.0463. The SMILES string of the molecule is Cn1cc(-c2cc(CS(C)(=O)=O)ccc2Oc2cccc(OCCOC3CCN(C(=O)OC(C)(C)C)CC3)c2)c2cc[nH]c2c1=O. The number of piperidine rings is 1. The summed E-state index contributed by atoms with van der Waals surface area (Å²) >= 11 is 0. The van der Waals surface area contributed by atoms with E-state index in [-0.39, 0.29) is 23.5 Å². The minimum Gasteiger partial charge on any atom is -0.491 e. The number of pyridine rings is 1. The number of carbonyl (C=O) groups is 1. The number of hydrogen-bond donors (Lipinski definition) is 1. The Bertz CT molecular complexity index is 1870. The highest BCUT2D eigenvalue weighted by molar-refractivity contribution is 7.89. The van der Waals surface area contributed by atoms with Gasteiger partial charge in [0.1, 0.15) is 35.0 Å². The Kier molecular flexibility index (Phi) is 9.78. The number of aromatic nitrogens is 2. The van der Waals surface area contributed by atoms with Gasteiger partial charge in [-0.05, 0) is 69.5 Å². The summed E-state index contributed by atoms with van der Waals surface area (Å²) in [5.41, 5.74) is 1.75. The lowest BCUT2D eigenvalue weighted by atomic mass is 10.0. The van der Waals surface area contributed by atoms with Crippen LogP contribution < -0.4 is 15.0 Å². The number of carbonyl (C=O) groups excluding carboxylic acids is 1. The van der Waals surface area contributed by atoms with E-state index in [2.05, 4.69) is 4.98 Å². The van der Waals surface area contributed by atoms with Crippen molar-refractivity contribution in [1.29, 1.82) is 0 Å². The molecule has 0 aliphatic carbocycles. The second-order valence-electron chi connectivity index (χ2n) is 12.6. The zero-order chi connectivity index (χ0) is 33.1. The smallest absolute Gasteiger partial charge is 0.410 e. The molecule has 0 saturated carbocycles. The van der Waals surface area contributed by atoms with Gasteiger partial charge in [0.25, 0.3) is 5.56 Å². The number of H-pyrrole nitrogens is 1. The van der Waals surface area contributed by atoms with Gasteiger partial charge in [0.15, 0.2) is 9.84 Å². The number of nitrogens with zero attached hydrogens (tertiary/aromatic N) is 2. The van der Waals surface area contributed by atoms with Crippen LogP contribution in [0.2, 0.25) is 0 Å². The van der Waals surface area contributed by atoms with E-state index in [0.717, 1.165) is 18.4 Å². The first-order chi connectivity index (χ1) is 21.8. The predicted octanol–water partition coefficient (Wildman–Crippen LogP) is 5.67. The molecule has 5 rings (SSSR count). The van der Waals surface area contributed by atoms with Gasteiger partial charge in [-0.25, -0.2) is 13.2 Å². The van der Waals surface area contributed by atoms with Gasteiger partial charge in [-0.3, -0.25) is 4.79 Å². The summed E-state index contributed by atoms with van der Waals surface area (Å²) in [6.07, 6.45) is 5.85. The monoisotopic (exact) mass is 651 g/mol. The van der Waals surface area contributed by atoms with Crippen molar-refractivity contribution in [3.05, 3.63) is 76.8 Å². The number of rotatable bonds is 10. The van der Waals surface area contributed by atoms with Gasteiger partial charge in [-0.2, -0.15) is 0 Å². The van der Waals surface area contributed by atoms with E-state index in [1.165, 1.54) is 10.8 Å². The predicted molar refractivity (Wildman–Crippen MR) is 176 cm³/mol. The van der Waals surface area contributed by atoms with Crippen LogP contribution in [-0.4, -0.2) is 73.2 Å². The van der Waals surface area contributed by atoms with Crippen molar-refractivity contribution in [3.63, 3.8) is 0 Å². The lowest BCUT2D eigenvalue weighted by Crippen LogP contribution is -2.43. The second-order valence-corrected chi connectivity index (χ2v) is 14.7. The summed E-state index contributed by atoms with van der Waals surface area (Å²) in [5, 5.41) is 0.706. The fraction of sp³-hybridized carbons (Fsp3) is 0.412. The van der Waals surface area contributed by atoms with Crippen LogP contribution in [0.25, 0.3) is 22.0 Å². The molecule has 1 aliphatic rings. The molecule has 1 saturated heterocycles. The van der Waals surface area contributed by atoms with Gasteiger partial charge in [0.05, 0.1) is 18.5 Å². The summed E-state index contributed by atoms with van der Waals surface area (Å²) in [6.45, 7) is 7.49. The third-order valence-electron chi connectivity index (χ3n) is 7.49. The maximum absolute atomic E-state index is 12.7. The normalized spacial score (nSPS) is 14.4. The number of aryl methyl sites for hydroxylation is 1. The van der Waals surface area contributed by atoms with Gasteiger partial charge in [-0.15, -0.1) is 0 Å². The van der Waals surface area contributed by atoms with E-state index >= 15 is 0 Å². The molecule has 11 nitrogen and oxygen atoms in total. The number of ether oxygens (including phenoxy) is 4. The molecule has 12 heteroatoms. The molecule has 246 valence electrons. The van der Waals surface area contributed by atoms with E-state index in [9.17, 15) is 18.0 Å². The first kappa shape index (κ1) is 33.1. The molecule has 1 fully saturated rings. The van der Waals surface area contributed by atoms with Crippen LogP contribution in [0.1, 0.15) is 39.2 Å². The summed E-state index contributed by atoms with van der Waals surface area (Å²) in [4.78, 5) is 29.7. The molecule has 2 aromatic heterocycles. The molecule has 0 spiro atoms. The summed E-state index contributed by atoms with van der Waals surface area (Å²) in [5.74, 6) is 1.50. The standard InChI is InChI=1S/C34H41N3O8S/c1-34(2,3)45-33(39)37-15-12-24(13-16-37)42-17-18-43-25-7-6-8-26(20-25)44-30-10-9-23(22-46(5,40)41)19-28(30)29-21-36(4)32(38)31-27(29)11-14-35-31/h6-11,14,19-21,24,35H,12-13,15-18,22H2,1-5H3. The Hall–Kier alpha value is -4.29. The zero-order valence-electron chi connectivity index (χ0n) is 26.9. The van der Waals surface area contributed by atoms with Crippen molar-refractivity contribution in [2.24, 2.45) is 7.05 Å². The largest absolute Gasteiger partial charge is 0.491 e. The first-order valence-electron chi connectivity index (χ1n) is 15.2. The van der Waals surface area contributed by atoms with Crippen molar-refractivity contribution in [3.8, 4) is 28.4 Å². The van der Waals surface area contributed by atoms with Crippen molar-refractivity contribution >= 4 is 26.8 Å². The molecular weight excluding hydrogens is 610 g/mol. The number of sulfone groups is 1. The minimum atomic E-state index is -3.28. The fourth-order valence-electron chi connectivity index (χ4n) is 5.41. The number of benzene rings is 2. The van der Waals surface area contributed by atoms with Crippen LogP contribution in [0.4, 0.5) is 4.79 Å². The van der Waals surface area contributed by atoms with E-state index < -0.39 is 15.4 Å². The van der Waals surface area contributed by atoms with E-state index in [1.807, 2.05) is 45.0 Å². The molecule has 2 aromatic carbocycles. The van der Waals surface area contributed by atoms with Crippen molar-refractivity contribution < 1.29 is 32.2 Å². The van der Waals surface area contributed by atoms with Crippen LogP contribution in [0.5, 0.6) is 17.2 Å². The van der Waals surface area contributed by atoms with E-state index in [1.54, 1.807) is 48.6 Å². The number of amides is 1. The van der Waals surface area contributed by atoms with Gasteiger partial charge in [0.2, 0.25) is 0 Å². The summed E-state index contributed by atoms with van der Waals surface area (Å²) < 4.78 is 49.4. The molecule has 1 amide bonds. The Morgan fingerprint density at radius 3 is 2.46 bits per heavy atom. The average Bonchev–Trinajstić information content (AvgIpc) is 3.48. The van der Waals surface area contributed by atoms with Crippen molar-refractivity contribution in [2.75, 3.05) is 32.6 Å². The molecule has 1 aliphatic heterocycles. The highest BCUT2D eigenvalue weighted by Gasteiger charge is 2.27. The quantitative estimate of drug-likeness (QED) is 0.218. The number of aromatic amines is 1. The second kappa shape index (κ2) is 13.6. The van der Waals surface area contributed by atoms with Gasteiger partial charge in [0, 0.05) is 61.4 Å². The van der Waals surface area contributed by atoms with Crippen molar-refractivity contribution in [1.82, 2.24) is 14.5 Å². The highest BCUT2D eigenvalue weighted by atomic mass is 32.2. The van der Waals surface area contributed by atoms with Gasteiger partial charge >= 0.3 is 6.09 Å². The van der Waals surface area contributed by atoms with Crippen LogP contribution in [0.15, 0.2) is 65.7 Å². The molecule has 0 radical (unpaired) electrons. The average molecular weight is 652 g/mol. The maximum atomic E-state index is 12.7. The van der Waals surface area contributed by atoms with Crippen LogP contribution in [-0.2, 0) is 32.1 Å². The number of fused-ring (bicyclic) bond motifs is 1. The Balaban J connectivity index is 1.24. The molecule has 0 unspecified atom stereocenters. The van der Waals surface area contributed by atoms with E-state index in [4.69, 9.17) is 18.9 Å². The third-order valence-corrected chi connectivity index (χ3v) is 8.35. The molecule has 1 N–H and O–H groups in total. The number of likely N-dealkylation sites (tertiary alicyclic amines) is 1. The maximum Gasteiger partial charge on any atom is 0.410 e. The molecule has 46 heavy (non-hydrogen) atoms. The summed E-state index contributed by atoms with van der Waals surface area (Å²) in [6, 6.07) is 14.3. The van der Waals surface area contributed by atoms with Crippen LogP contribution in [0, 0.1) is 0 Å². The number of hydrogen-bond acceptors (Lipinski definition) is 8. The fourth-order valence-corrected chi connectivity index (χ4v) is 6.20. The van der Waals surface area contributed by atoms with Crippen LogP contribution >= 0.6 is 0 Å². The van der Waals surface area contributed by atoms with Crippen molar-refractivity contribution in [2.45, 2.75) is 51.1 Å². The molecular formula is C34H41N3O8S. The molecule has 0 atom stereocenters. The lowest BCUT2D eigenvalue weighted by Gasteiger charge is -2.33. The van der Waals surface area contributed by atoms with Gasteiger partial charge in [-0.1, -0.05) is 12.1 Å². The lowest BCUT2D eigenvalue weighted by molar-refractivity contribution is -0.0177. The molecule has 4 aromatic rings. The molecule has 0 bridgehead atoms. The van der Waals surface area contributed by atoms with Gasteiger partial charge < -0.3 is 33.4 Å². The summed E-state index contributed by atoms with van der Waals surface area (Å²) in [7, 11) is -1.61. The third kappa shape index (κ3) is 8.49. The topological polar surface area (TPSA) is 129 Å².